The highest BCUT2D eigenvalue weighted by Crippen LogP contribution is 2.24. The molecule has 3 N–H and O–H groups in total. The third-order valence-electron chi connectivity index (χ3n) is 3.69. The standard InChI is InChI=1S/C18H16FN3O2/c1-10-15-8-12(19)6-7-16(15)22-17(10)18(24)21-14-5-3-4-13(9-14)20-11(2)23/h3-9,22H,1-2H3,(H,20,23)(H,21,24). The molecule has 0 unspecified atom stereocenters. The molecule has 0 saturated carbocycles. The lowest BCUT2D eigenvalue weighted by Gasteiger charge is -2.07. The molecule has 1 aromatic heterocycles. The second-order valence-corrected chi connectivity index (χ2v) is 5.53. The van der Waals surface area contributed by atoms with Crippen LogP contribution in [0.25, 0.3) is 10.9 Å². The molecule has 0 spiro atoms. The summed E-state index contributed by atoms with van der Waals surface area (Å²) in [6.07, 6.45) is 0. The van der Waals surface area contributed by atoms with Crippen LogP contribution in [-0.2, 0) is 4.79 Å². The summed E-state index contributed by atoms with van der Waals surface area (Å²) < 4.78 is 13.4. The number of rotatable bonds is 3. The average Bonchev–Trinajstić information content (AvgIpc) is 2.84. The van der Waals surface area contributed by atoms with Gasteiger partial charge in [-0.15, -0.1) is 0 Å². The third kappa shape index (κ3) is 3.12. The molecule has 0 saturated heterocycles. The van der Waals surface area contributed by atoms with Crippen molar-refractivity contribution in [2.24, 2.45) is 0 Å². The number of benzene rings is 2. The zero-order valence-electron chi connectivity index (χ0n) is 13.2. The van der Waals surface area contributed by atoms with Crippen LogP contribution in [0, 0.1) is 12.7 Å². The molecular weight excluding hydrogens is 309 g/mol. The second kappa shape index (κ2) is 6.16. The lowest BCUT2D eigenvalue weighted by molar-refractivity contribution is -0.114. The molecule has 3 rings (SSSR count). The SMILES string of the molecule is CC(=O)Nc1cccc(NC(=O)c2[nH]c3ccc(F)cc3c2C)c1. The van der Waals surface area contributed by atoms with Gasteiger partial charge >= 0.3 is 0 Å². The molecule has 0 aliphatic heterocycles. The van der Waals surface area contributed by atoms with Gasteiger partial charge in [0.2, 0.25) is 5.91 Å². The molecular formula is C18H16FN3O2. The number of hydrogen-bond donors (Lipinski definition) is 3. The number of H-pyrrole nitrogens is 1. The van der Waals surface area contributed by atoms with Crippen LogP contribution in [0.4, 0.5) is 15.8 Å². The Morgan fingerprint density at radius 2 is 1.75 bits per heavy atom. The molecule has 122 valence electrons. The Kier molecular flexibility index (Phi) is 4.04. The molecule has 0 fully saturated rings. The first-order valence-electron chi connectivity index (χ1n) is 7.41. The van der Waals surface area contributed by atoms with Crippen molar-refractivity contribution in [2.75, 3.05) is 10.6 Å². The maximum absolute atomic E-state index is 13.4. The minimum atomic E-state index is -0.348. The lowest BCUT2D eigenvalue weighted by Crippen LogP contribution is -2.14. The first kappa shape index (κ1) is 15.7. The molecule has 6 heteroatoms. The van der Waals surface area contributed by atoms with Crippen LogP contribution in [-0.4, -0.2) is 16.8 Å². The van der Waals surface area contributed by atoms with Crippen molar-refractivity contribution >= 4 is 34.1 Å². The minimum absolute atomic E-state index is 0.188. The first-order chi connectivity index (χ1) is 11.4. The van der Waals surface area contributed by atoms with Crippen molar-refractivity contribution in [3.63, 3.8) is 0 Å². The summed E-state index contributed by atoms with van der Waals surface area (Å²) in [5, 5.41) is 6.10. The number of aryl methyl sites for hydroxylation is 1. The van der Waals surface area contributed by atoms with E-state index in [0.717, 1.165) is 0 Å². The Balaban J connectivity index is 1.87. The highest BCUT2D eigenvalue weighted by atomic mass is 19.1. The topological polar surface area (TPSA) is 74.0 Å². The molecule has 1 heterocycles. The molecule has 2 aromatic carbocycles. The average molecular weight is 325 g/mol. The predicted octanol–water partition coefficient (Wildman–Crippen LogP) is 3.83. The van der Waals surface area contributed by atoms with Crippen molar-refractivity contribution < 1.29 is 14.0 Å². The Labute approximate surface area is 137 Å². The van der Waals surface area contributed by atoms with Crippen LogP contribution in [0.3, 0.4) is 0 Å². The van der Waals surface area contributed by atoms with Gasteiger partial charge in [0.05, 0.1) is 0 Å². The lowest BCUT2D eigenvalue weighted by atomic mass is 10.1. The molecule has 2 amide bonds. The Hall–Kier alpha value is -3.15. The molecule has 0 aliphatic rings. The van der Waals surface area contributed by atoms with E-state index >= 15 is 0 Å². The number of nitrogens with one attached hydrogen (secondary N) is 3. The van der Waals surface area contributed by atoms with Crippen LogP contribution in [0.15, 0.2) is 42.5 Å². The van der Waals surface area contributed by atoms with Crippen molar-refractivity contribution in [3.05, 3.63) is 59.5 Å². The molecule has 0 bridgehead atoms. The third-order valence-corrected chi connectivity index (χ3v) is 3.69. The van der Waals surface area contributed by atoms with Gasteiger partial charge < -0.3 is 15.6 Å². The molecule has 0 atom stereocenters. The molecule has 0 radical (unpaired) electrons. The summed E-state index contributed by atoms with van der Waals surface area (Å²) in [6.45, 7) is 3.18. The summed E-state index contributed by atoms with van der Waals surface area (Å²) in [6, 6.07) is 11.2. The van der Waals surface area contributed by atoms with Gasteiger partial charge in [-0.1, -0.05) is 6.07 Å². The monoisotopic (exact) mass is 325 g/mol. The molecule has 3 aromatic rings. The highest BCUT2D eigenvalue weighted by molar-refractivity contribution is 6.08. The maximum Gasteiger partial charge on any atom is 0.272 e. The summed E-state index contributed by atoms with van der Waals surface area (Å²) in [5.41, 5.74) is 2.90. The number of anilines is 2. The van der Waals surface area contributed by atoms with Crippen LogP contribution in [0.5, 0.6) is 0 Å². The van der Waals surface area contributed by atoms with Crippen LogP contribution < -0.4 is 10.6 Å². The van der Waals surface area contributed by atoms with E-state index in [1.165, 1.54) is 19.1 Å². The van der Waals surface area contributed by atoms with E-state index < -0.39 is 0 Å². The quantitative estimate of drug-likeness (QED) is 0.685. The van der Waals surface area contributed by atoms with E-state index in [9.17, 15) is 14.0 Å². The zero-order chi connectivity index (χ0) is 17.3. The van der Waals surface area contributed by atoms with Gasteiger partial charge in [0, 0.05) is 29.2 Å². The predicted molar refractivity (Wildman–Crippen MR) is 91.7 cm³/mol. The van der Waals surface area contributed by atoms with Gasteiger partial charge in [0.1, 0.15) is 11.5 Å². The van der Waals surface area contributed by atoms with Crippen LogP contribution in [0.1, 0.15) is 23.0 Å². The van der Waals surface area contributed by atoms with E-state index in [0.29, 0.717) is 33.5 Å². The number of aromatic nitrogens is 1. The number of carbonyl (C=O) groups is 2. The summed E-state index contributed by atoms with van der Waals surface area (Å²) in [5.74, 6) is -0.865. The number of fused-ring (bicyclic) bond motifs is 1. The molecule has 0 aliphatic carbocycles. The van der Waals surface area contributed by atoms with Gasteiger partial charge in [0.15, 0.2) is 0 Å². The maximum atomic E-state index is 13.4. The largest absolute Gasteiger partial charge is 0.350 e. The van der Waals surface area contributed by atoms with Crippen LogP contribution in [0.2, 0.25) is 0 Å². The number of aromatic amines is 1. The summed E-state index contributed by atoms with van der Waals surface area (Å²) in [4.78, 5) is 26.6. The normalized spacial score (nSPS) is 10.6. The summed E-state index contributed by atoms with van der Waals surface area (Å²) in [7, 11) is 0. The fraction of sp³-hybridized carbons (Fsp3) is 0.111. The number of amides is 2. The number of halogens is 1. The Bertz CT molecular complexity index is 947. The van der Waals surface area contributed by atoms with Gasteiger partial charge in [-0.3, -0.25) is 9.59 Å². The first-order valence-corrected chi connectivity index (χ1v) is 7.41. The second-order valence-electron chi connectivity index (χ2n) is 5.53. The highest BCUT2D eigenvalue weighted by Gasteiger charge is 2.15. The van der Waals surface area contributed by atoms with E-state index in [1.54, 1.807) is 37.3 Å². The van der Waals surface area contributed by atoms with Gasteiger partial charge in [-0.05, 0) is 48.9 Å². The van der Waals surface area contributed by atoms with Gasteiger partial charge in [-0.2, -0.15) is 0 Å². The Morgan fingerprint density at radius 3 is 2.46 bits per heavy atom. The number of carbonyl (C=O) groups excluding carboxylic acids is 2. The van der Waals surface area contributed by atoms with E-state index in [4.69, 9.17) is 0 Å². The van der Waals surface area contributed by atoms with Gasteiger partial charge in [0.25, 0.3) is 5.91 Å². The number of hydrogen-bond acceptors (Lipinski definition) is 2. The van der Waals surface area contributed by atoms with Crippen molar-refractivity contribution in [1.82, 2.24) is 4.98 Å². The smallest absolute Gasteiger partial charge is 0.272 e. The van der Waals surface area contributed by atoms with Crippen molar-refractivity contribution in [1.29, 1.82) is 0 Å². The fourth-order valence-corrected chi connectivity index (χ4v) is 2.60. The Morgan fingerprint density at radius 1 is 1.04 bits per heavy atom. The molecule has 5 nitrogen and oxygen atoms in total. The van der Waals surface area contributed by atoms with E-state index in [1.807, 2.05) is 0 Å². The zero-order valence-corrected chi connectivity index (χ0v) is 13.2. The fourth-order valence-electron chi connectivity index (χ4n) is 2.60. The van der Waals surface area contributed by atoms with E-state index in [2.05, 4.69) is 15.6 Å². The minimum Gasteiger partial charge on any atom is -0.350 e. The molecule has 24 heavy (non-hydrogen) atoms. The van der Waals surface area contributed by atoms with Gasteiger partial charge in [-0.25, -0.2) is 4.39 Å². The summed E-state index contributed by atoms with van der Waals surface area (Å²) >= 11 is 0. The van der Waals surface area contributed by atoms with Crippen molar-refractivity contribution in [2.45, 2.75) is 13.8 Å². The van der Waals surface area contributed by atoms with Crippen molar-refractivity contribution in [3.8, 4) is 0 Å². The van der Waals surface area contributed by atoms with E-state index in [-0.39, 0.29) is 17.6 Å². The van der Waals surface area contributed by atoms with Crippen LogP contribution >= 0.6 is 0 Å².